The lowest BCUT2D eigenvalue weighted by Crippen LogP contribution is -2.43. The van der Waals surface area contributed by atoms with Crippen LogP contribution in [0.25, 0.3) is 0 Å². The van der Waals surface area contributed by atoms with E-state index in [1.54, 1.807) is 31.3 Å². The molecule has 21 heavy (non-hydrogen) atoms. The predicted molar refractivity (Wildman–Crippen MR) is 82.7 cm³/mol. The van der Waals surface area contributed by atoms with Crippen molar-refractivity contribution in [2.75, 3.05) is 11.9 Å². The highest BCUT2D eigenvalue weighted by atomic mass is 16.2. The van der Waals surface area contributed by atoms with E-state index in [-0.39, 0.29) is 5.91 Å². The van der Waals surface area contributed by atoms with Gasteiger partial charge in [0, 0.05) is 12.7 Å². The van der Waals surface area contributed by atoms with Crippen LogP contribution in [-0.4, -0.2) is 19.0 Å². The number of hydrogen-bond donors (Lipinski definition) is 1. The maximum atomic E-state index is 12.4. The molecular formula is C17H17N3O. The minimum absolute atomic E-state index is 0.172. The Kier molecular flexibility index (Phi) is 4.70. The zero-order valence-corrected chi connectivity index (χ0v) is 11.9. The van der Waals surface area contributed by atoms with E-state index < -0.39 is 6.04 Å². The number of likely N-dealkylation sites (N-methyl/N-ethyl adjacent to an activating group) is 1. The van der Waals surface area contributed by atoms with E-state index in [0.29, 0.717) is 17.7 Å². The van der Waals surface area contributed by atoms with Gasteiger partial charge < -0.3 is 10.6 Å². The monoisotopic (exact) mass is 279 g/mol. The summed E-state index contributed by atoms with van der Waals surface area (Å²) in [5.74, 6) is -0.172. The van der Waals surface area contributed by atoms with E-state index in [4.69, 9.17) is 11.0 Å². The molecule has 0 radical (unpaired) electrons. The number of nitriles is 1. The van der Waals surface area contributed by atoms with Crippen LogP contribution in [0.2, 0.25) is 0 Å². The molecular weight excluding hydrogens is 262 g/mol. The zero-order chi connectivity index (χ0) is 15.2. The lowest BCUT2D eigenvalue weighted by atomic mass is 10.1. The van der Waals surface area contributed by atoms with Gasteiger partial charge in [-0.3, -0.25) is 4.79 Å². The van der Waals surface area contributed by atoms with Crippen LogP contribution >= 0.6 is 0 Å². The Balaban J connectivity index is 2.09. The van der Waals surface area contributed by atoms with Gasteiger partial charge in [-0.25, -0.2) is 0 Å². The summed E-state index contributed by atoms with van der Waals surface area (Å²) in [6.45, 7) is 0. The smallest absolute Gasteiger partial charge is 0.243 e. The quantitative estimate of drug-likeness (QED) is 0.931. The molecule has 106 valence electrons. The molecule has 2 aromatic carbocycles. The van der Waals surface area contributed by atoms with Gasteiger partial charge in [0.2, 0.25) is 5.91 Å². The molecule has 0 aromatic heterocycles. The zero-order valence-electron chi connectivity index (χ0n) is 11.9. The lowest BCUT2D eigenvalue weighted by molar-refractivity contribution is -0.119. The van der Waals surface area contributed by atoms with Crippen molar-refractivity contribution < 1.29 is 4.79 Å². The normalized spacial score (nSPS) is 11.5. The van der Waals surface area contributed by atoms with Gasteiger partial charge in [-0.1, -0.05) is 36.4 Å². The van der Waals surface area contributed by atoms with Crippen LogP contribution < -0.4 is 10.6 Å². The third kappa shape index (κ3) is 3.68. The summed E-state index contributed by atoms with van der Waals surface area (Å²) in [5.41, 5.74) is 8.21. The number of carbonyl (C=O) groups is 1. The summed E-state index contributed by atoms with van der Waals surface area (Å²) in [6.07, 6.45) is 0.488. The van der Waals surface area contributed by atoms with Gasteiger partial charge in [0.25, 0.3) is 0 Å². The number of nitrogens with zero attached hydrogens (tertiary/aromatic N) is 2. The number of nitrogens with two attached hydrogens (primary N) is 1. The summed E-state index contributed by atoms with van der Waals surface area (Å²) in [4.78, 5) is 13.9. The topological polar surface area (TPSA) is 70.1 Å². The highest BCUT2D eigenvalue weighted by Gasteiger charge is 2.19. The SMILES string of the molecule is CN(C(=O)C(N)Cc1ccccc1)c1cccc(C#N)c1. The Morgan fingerprint density at radius 2 is 1.95 bits per heavy atom. The molecule has 1 unspecified atom stereocenters. The van der Waals surface area contributed by atoms with E-state index >= 15 is 0 Å². The largest absolute Gasteiger partial charge is 0.320 e. The first-order valence-corrected chi connectivity index (χ1v) is 6.69. The van der Waals surface area contributed by atoms with Crippen LogP contribution in [0, 0.1) is 11.3 Å². The molecule has 0 saturated heterocycles. The predicted octanol–water partition coefficient (Wildman–Crippen LogP) is 2.09. The van der Waals surface area contributed by atoms with Gasteiger partial charge >= 0.3 is 0 Å². The first kappa shape index (κ1) is 14.8. The Bertz CT molecular complexity index is 661. The molecule has 1 atom stereocenters. The number of amides is 1. The van der Waals surface area contributed by atoms with E-state index in [9.17, 15) is 4.79 Å². The molecule has 0 aliphatic carbocycles. The first-order valence-electron chi connectivity index (χ1n) is 6.69. The van der Waals surface area contributed by atoms with Crippen molar-refractivity contribution in [3.05, 3.63) is 65.7 Å². The van der Waals surface area contributed by atoms with E-state index in [2.05, 4.69) is 6.07 Å². The van der Waals surface area contributed by atoms with Crippen molar-refractivity contribution in [1.82, 2.24) is 0 Å². The number of hydrogen-bond acceptors (Lipinski definition) is 3. The lowest BCUT2D eigenvalue weighted by Gasteiger charge is -2.21. The highest BCUT2D eigenvalue weighted by molar-refractivity contribution is 5.96. The molecule has 0 heterocycles. The van der Waals surface area contributed by atoms with E-state index in [1.807, 2.05) is 30.3 Å². The van der Waals surface area contributed by atoms with Crippen molar-refractivity contribution in [1.29, 1.82) is 5.26 Å². The average molecular weight is 279 g/mol. The number of benzene rings is 2. The summed E-state index contributed by atoms with van der Waals surface area (Å²) in [5, 5.41) is 8.91. The maximum Gasteiger partial charge on any atom is 0.243 e. The maximum absolute atomic E-state index is 12.4. The Morgan fingerprint density at radius 1 is 1.24 bits per heavy atom. The van der Waals surface area contributed by atoms with Crippen LogP contribution in [0.15, 0.2) is 54.6 Å². The van der Waals surface area contributed by atoms with Crippen LogP contribution in [-0.2, 0) is 11.2 Å². The van der Waals surface area contributed by atoms with Gasteiger partial charge in [-0.15, -0.1) is 0 Å². The standard InChI is InChI=1S/C17H17N3O/c1-20(15-9-5-8-14(10-15)12-18)17(21)16(19)11-13-6-3-2-4-7-13/h2-10,16H,11,19H2,1H3. The van der Waals surface area contributed by atoms with Gasteiger partial charge in [-0.2, -0.15) is 5.26 Å². The Hall–Kier alpha value is -2.64. The molecule has 0 bridgehead atoms. The average Bonchev–Trinajstić information content (AvgIpc) is 2.54. The van der Waals surface area contributed by atoms with Crippen LogP contribution in [0.3, 0.4) is 0 Å². The van der Waals surface area contributed by atoms with Gasteiger partial charge in [-0.05, 0) is 30.2 Å². The third-order valence-corrected chi connectivity index (χ3v) is 3.31. The minimum Gasteiger partial charge on any atom is -0.320 e. The van der Waals surface area contributed by atoms with Crippen LogP contribution in [0.1, 0.15) is 11.1 Å². The minimum atomic E-state index is -0.608. The van der Waals surface area contributed by atoms with Crippen molar-refractivity contribution in [2.45, 2.75) is 12.5 Å². The molecule has 0 fully saturated rings. The third-order valence-electron chi connectivity index (χ3n) is 3.31. The van der Waals surface area contributed by atoms with Crippen LogP contribution in [0.5, 0.6) is 0 Å². The van der Waals surface area contributed by atoms with Crippen LogP contribution in [0.4, 0.5) is 5.69 Å². The summed E-state index contributed by atoms with van der Waals surface area (Å²) in [6, 6.07) is 18.0. The fourth-order valence-electron chi connectivity index (χ4n) is 2.12. The van der Waals surface area contributed by atoms with Gasteiger partial charge in [0.1, 0.15) is 0 Å². The summed E-state index contributed by atoms with van der Waals surface area (Å²) >= 11 is 0. The van der Waals surface area contributed by atoms with Crippen molar-refractivity contribution in [2.24, 2.45) is 5.73 Å². The van der Waals surface area contributed by atoms with Gasteiger partial charge in [0.05, 0.1) is 17.7 Å². The van der Waals surface area contributed by atoms with E-state index in [0.717, 1.165) is 5.56 Å². The van der Waals surface area contributed by atoms with E-state index in [1.165, 1.54) is 4.90 Å². The molecule has 4 nitrogen and oxygen atoms in total. The second kappa shape index (κ2) is 6.69. The molecule has 2 rings (SSSR count). The van der Waals surface area contributed by atoms with Crippen molar-refractivity contribution >= 4 is 11.6 Å². The summed E-state index contributed by atoms with van der Waals surface area (Å²) in [7, 11) is 1.67. The number of carbonyl (C=O) groups excluding carboxylic acids is 1. The van der Waals surface area contributed by atoms with Crippen molar-refractivity contribution in [3.8, 4) is 6.07 Å². The van der Waals surface area contributed by atoms with Crippen molar-refractivity contribution in [3.63, 3.8) is 0 Å². The van der Waals surface area contributed by atoms with Gasteiger partial charge in [0.15, 0.2) is 0 Å². The fraction of sp³-hybridized carbons (Fsp3) is 0.176. The highest BCUT2D eigenvalue weighted by Crippen LogP contribution is 2.16. The molecule has 0 aliphatic rings. The molecule has 2 aromatic rings. The molecule has 0 aliphatic heterocycles. The second-order valence-electron chi connectivity index (χ2n) is 4.86. The molecule has 0 saturated carbocycles. The Labute approximate surface area is 124 Å². The summed E-state index contributed by atoms with van der Waals surface area (Å²) < 4.78 is 0. The first-order chi connectivity index (χ1) is 10.1. The number of anilines is 1. The molecule has 0 spiro atoms. The number of rotatable bonds is 4. The fourth-order valence-corrected chi connectivity index (χ4v) is 2.12. The molecule has 4 heteroatoms. The molecule has 1 amide bonds. The molecule has 2 N–H and O–H groups in total. The second-order valence-corrected chi connectivity index (χ2v) is 4.86. The Morgan fingerprint density at radius 3 is 2.62 bits per heavy atom.